The number of hydrogen-bond acceptors (Lipinski definition) is 5. The number of carboxylic acids is 1. The Bertz CT molecular complexity index is 1390. The van der Waals surface area contributed by atoms with Crippen molar-refractivity contribution in [2.75, 3.05) is 5.32 Å². The predicted octanol–water partition coefficient (Wildman–Crippen LogP) is 4.76. The zero-order valence-corrected chi connectivity index (χ0v) is 19.1. The minimum atomic E-state index is -5.08. The number of rotatable bonds is 6. The van der Waals surface area contributed by atoms with E-state index in [1.165, 1.54) is 6.20 Å². The Morgan fingerprint density at radius 1 is 1.11 bits per heavy atom. The number of carbonyl (C=O) groups is 2. The lowest BCUT2D eigenvalue weighted by molar-refractivity contribution is -0.192. The molecule has 4 rings (SSSR count). The third kappa shape index (κ3) is 5.81. The number of H-pyrrole nitrogens is 1. The Morgan fingerprint density at radius 2 is 1.78 bits per heavy atom. The average Bonchev–Trinajstić information content (AvgIpc) is 3.29. The number of aromatic nitrogens is 2. The lowest BCUT2D eigenvalue weighted by atomic mass is 10.0. The summed E-state index contributed by atoms with van der Waals surface area (Å²) in [6.45, 7) is 1.98. The minimum Gasteiger partial charge on any atom is -0.475 e. The molecule has 0 unspecified atom stereocenters. The van der Waals surface area contributed by atoms with Crippen LogP contribution in [0.15, 0.2) is 60.8 Å². The maximum atomic E-state index is 12.1. The number of nitrogens with two attached hydrogens (primary N) is 1. The maximum Gasteiger partial charge on any atom is 0.490 e. The van der Waals surface area contributed by atoms with Gasteiger partial charge in [0.1, 0.15) is 5.65 Å². The summed E-state index contributed by atoms with van der Waals surface area (Å²) in [5, 5.41) is 21.0. The van der Waals surface area contributed by atoms with Crippen molar-refractivity contribution >= 4 is 34.3 Å². The standard InChI is InChI=1S/C23H22N4O2.C2HF3O2/c1-2-16-15(13-28)9-6-10-19(16)26-21-17-11-20(14-7-4-3-5-8-14)27-23(17)25-12-18(21)22(24)29;3-2(4,5)1(6)7/h3-12,28H,2,13H2,1H3,(H2,24,29)(H2,25,26,27);(H,6,7). The van der Waals surface area contributed by atoms with Crippen LogP contribution in [0.3, 0.4) is 0 Å². The highest BCUT2D eigenvalue weighted by molar-refractivity contribution is 6.08. The van der Waals surface area contributed by atoms with Gasteiger partial charge in [-0.1, -0.05) is 49.4 Å². The number of anilines is 2. The molecule has 0 saturated carbocycles. The molecule has 8 nitrogen and oxygen atoms in total. The SMILES string of the molecule is CCc1c(CO)cccc1Nc1c(C(N)=O)cnc2[nH]c(-c3ccccc3)cc12.O=C(O)C(F)(F)F. The molecule has 0 aliphatic heterocycles. The molecule has 188 valence electrons. The number of benzene rings is 2. The van der Waals surface area contributed by atoms with E-state index in [2.05, 4.69) is 15.3 Å². The molecule has 2 aromatic carbocycles. The zero-order chi connectivity index (χ0) is 26.5. The van der Waals surface area contributed by atoms with Gasteiger partial charge in [0.15, 0.2) is 0 Å². The fourth-order valence-electron chi connectivity index (χ4n) is 3.62. The molecule has 6 N–H and O–H groups in total. The van der Waals surface area contributed by atoms with Gasteiger partial charge in [-0.25, -0.2) is 9.78 Å². The van der Waals surface area contributed by atoms with E-state index in [-0.39, 0.29) is 6.61 Å². The molecule has 0 fully saturated rings. The normalized spacial score (nSPS) is 11.0. The first-order valence-corrected chi connectivity index (χ1v) is 10.7. The number of carboxylic acid groups (broad SMARTS) is 1. The van der Waals surface area contributed by atoms with E-state index in [1.807, 2.05) is 61.5 Å². The number of nitrogens with zero attached hydrogens (tertiary/aromatic N) is 1. The molecule has 2 heterocycles. The molecule has 0 bridgehead atoms. The number of fused-ring (bicyclic) bond motifs is 1. The van der Waals surface area contributed by atoms with Crippen LogP contribution in [-0.4, -0.2) is 38.2 Å². The Labute approximate surface area is 203 Å². The first kappa shape index (κ1) is 26.2. The van der Waals surface area contributed by atoms with E-state index in [1.54, 1.807) is 0 Å². The number of nitrogens with one attached hydrogen (secondary N) is 2. The summed E-state index contributed by atoms with van der Waals surface area (Å²) in [7, 11) is 0. The molecule has 0 saturated heterocycles. The first-order valence-electron chi connectivity index (χ1n) is 10.7. The largest absolute Gasteiger partial charge is 0.490 e. The number of aromatic amines is 1. The molecular formula is C25H23F3N4O4. The Balaban J connectivity index is 0.000000454. The van der Waals surface area contributed by atoms with Crippen LogP contribution in [0.25, 0.3) is 22.3 Å². The number of aliphatic carboxylic acids is 1. The molecule has 4 aromatic rings. The fraction of sp³-hybridized carbons (Fsp3) is 0.160. The average molecular weight is 500 g/mol. The second kappa shape index (κ2) is 10.9. The van der Waals surface area contributed by atoms with E-state index < -0.39 is 18.1 Å². The second-order valence-electron chi connectivity index (χ2n) is 7.61. The number of carbonyl (C=O) groups excluding carboxylic acids is 1. The number of primary amides is 1. The van der Waals surface area contributed by atoms with Crippen molar-refractivity contribution in [1.82, 2.24) is 9.97 Å². The topological polar surface area (TPSA) is 141 Å². The summed E-state index contributed by atoms with van der Waals surface area (Å²) in [5.74, 6) is -3.31. The zero-order valence-electron chi connectivity index (χ0n) is 19.1. The summed E-state index contributed by atoms with van der Waals surface area (Å²) >= 11 is 0. The highest BCUT2D eigenvalue weighted by Gasteiger charge is 2.38. The highest BCUT2D eigenvalue weighted by Crippen LogP contribution is 2.34. The lowest BCUT2D eigenvalue weighted by Crippen LogP contribution is -2.21. The van der Waals surface area contributed by atoms with Crippen LogP contribution in [0.5, 0.6) is 0 Å². The Morgan fingerprint density at radius 3 is 2.33 bits per heavy atom. The van der Waals surface area contributed by atoms with Crippen LogP contribution in [0.2, 0.25) is 0 Å². The molecule has 0 spiro atoms. The lowest BCUT2D eigenvalue weighted by Gasteiger charge is -2.16. The highest BCUT2D eigenvalue weighted by atomic mass is 19.4. The van der Waals surface area contributed by atoms with Crippen molar-refractivity contribution in [3.8, 4) is 11.3 Å². The Hall–Kier alpha value is -4.38. The van der Waals surface area contributed by atoms with E-state index in [9.17, 15) is 23.1 Å². The van der Waals surface area contributed by atoms with Crippen molar-refractivity contribution in [2.45, 2.75) is 26.1 Å². The quantitative estimate of drug-likeness (QED) is 0.258. The van der Waals surface area contributed by atoms with Crippen LogP contribution < -0.4 is 11.1 Å². The van der Waals surface area contributed by atoms with Crippen LogP contribution in [0, 0.1) is 0 Å². The van der Waals surface area contributed by atoms with Crippen molar-refractivity contribution in [1.29, 1.82) is 0 Å². The minimum absolute atomic E-state index is 0.0462. The summed E-state index contributed by atoms with van der Waals surface area (Å²) in [5.41, 5.74) is 11.8. The van der Waals surface area contributed by atoms with Gasteiger partial charge in [0.05, 0.1) is 17.9 Å². The van der Waals surface area contributed by atoms with E-state index in [0.717, 1.165) is 39.9 Å². The van der Waals surface area contributed by atoms with Gasteiger partial charge in [-0.3, -0.25) is 4.79 Å². The molecule has 0 atom stereocenters. The second-order valence-corrected chi connectivity index (χ2v) is 7.61. The smallest absolute Gasteiger partial charge is 0.475 e. The number of amides is 1. The van der Waals surface area contributed by atoms with E-state index in [4.69, 9.17) is 15.6 Å². The predicted molar refractivity (Wildman–Crippen MR) is 129 cm³/mol. The molecule has 36 heavy (non-hydrogen) atoms. The van der Waals surface area contributed by atoms with Gasteiger partial charge < -0.3 is 26.2 Å². The van der Waals surface area contributed by atoms with Crippen LogP contribution in [-0.2, 0) is 17.8 Å². The third-order valence-corrected chi connectivity index (χ3v) is 5.31. The Kier molecular flexibility index (Phi) is 7.95. The van der Waals surface area contributed by atoms with Gasteiger partial charge in [-0.2, -0.15) is 13.2 Å². The molecule has 0 aliphatic rings. The number of halogens is 3. The van der Waals surface area contributed by atoms with Gasteiger partial charge in [0, 0.05) is 23.0 Å². The van der Waals surface area contributed by atoms with Crippen molar-refractivity contribution in [3.05, 3.63) is 77.5 Å². The molecule has 1 amide bonds. The summed E-state index contributed by atoms with van der Waals surface area (Å²) in [4.78, 5) is 28.7. The van der Waals surface area contributed by atoms with Crippen LogP contribution in [0.1, 0.15) is 28.4 Å². The van der Waals surface area contributed by atoms with Gasteiger partial charge in [-0.15, -0.1) is 0 Å². The van der Waals surface area contributed by atoms with Crippen LogP contribution >= 0.6 is 0 Å². The van der Waals surface area contributed by atoms with Gasteiger partial charge >= 0.3 is 12.1 Å². The van der Waals surface area contributed by atoms with Crippen molar-refractivity contribution in [3.63, 3.8) is 0 Å². The number of hydrogen-bond donors (Lipinski definition) is 5. The van der Waals surface area contributed by atoms with Gasteiger partial charge in [0.25, 0.3) is 5.91 Å². The van der Waals surface area contributed by atoms with Crippen LogP contribution in [0.4, 0.5) is 24.5 Å². The summed E-state index contributed by atoms with van der Waals surface area (Å²) < 4.78 is 31.7. The summed E-state index contributed by atoms with van der Waals surface area (Å²) in [6, 6.07) is 17.6. The molecular weight excluding hydrogens is 477 g/mol. The molecule has 2 aromatic heterocycles. The van der Waals surface area contributed by atoms with Crippen molar-refractivity contribution in [2.24, 2.45) is 5.73 Å². The monoisotopic (exact) mass is 500 g/mol. The first-order chi connectivity index (χ1) is 17.1. The third-order valence-electron chi connectivity index (χ3n) is 5.31. The number of aliphatic hydroxyl groups excluding tert-OH is 1. The summed E-state index contributed by atoms with van der Waals surface area (Å²) in [6.07, 6.45) is -2.86. The molecule has 11 heteroatoms. The van der Waals surface area contributed by atoms with E-state index >= 15 is 0 Å². The number of pyridine rings is 1. The fourth-order valence-corrected chi connectivity index (χ4v) is 3.62. The van der Waals surface area contributed by atoms with Crippen molar-refractivity contribution < 1.29 is 33.0 Å². The number of alkyl halides is 3. The maximum absolute atomic E-state index is 12.1. The van der Waals surface area contributed by atoms with Gasteiger partial charge in [0.2, 0.25) is 0 Å². The van der Waals surface area contributed by atoms with Gasteiger partial charge in [-0.05, 0) is 35.2 Å². The molecule has 0 aliphatic carbocycles. The molecule has 0 radical (unpaired) electrons. The number of aliphatic hydroxyl groups is 1. The van der Waals surface area contributed by atoms with E-state index in [0.29, 0.717) is 16.9 Å².